The van der Waals surface area contributed by atoms with Crippen LogP contribution in [0.2, 0.25) is 0 Å². The number of piperidine rings is 1. The van der Waals surface area contributed by atoms with Crippen LogP contribution in [0.1, 0.15) is 47.2 Å². The standard InChI is InChI=1S/C21H28N4O4/c1-29-16-9-15(23-11-16)7-8-22-10-13-3-2-4-14-12-25(21(28)19(13)14)17-5-6-18(26)24-20(17)27/h2-4,15-17,22-23H,5-12H2,1H3,(H,24,26,27)/t15-,16+,17?/m1/s1. The molecule has 1 aromatic carbocycles. The molecule has 3 N–H and O–H groups in total. The number of methoxy groups -OCH3 is 1. The molecule has 0 bridgehead atoms. The smallest absolute Gasteiger partial charge is 0.255 e. The molecule has 0 saturated carbocycles. The van der Waals surface area contributed by atoms with Gasteiger partial charge in [-0.25, -0.2) is 0 Å². The van der Waals surface area contributed by atoms with Crippen LogP contribution in [0.3, 0.4) is 0 Å². The quantitative estimate of drug-likeness (QED) is 0.450. The minimum absolute atomic E-state index is 0.118. The van der Waals surface area contributed by atoms with Gasteiger partial charge in [-0.1, -0.05) is 18.2 Å². The molecule has 8 heteroatoms. The van der Waals surface area contributed by atoms with Crippen LogP contribution in [0.4, 0.5) is 0 Å². The van der Waals surface area contributed by atoms with Gasteiger partial charge in [0.15, 0.2) is 0 Å². The highest BCUT2D eigenvalue weighted by molar-refractivity contribution is 6.05. The topological polar surface area (TPSA) is 99.8 Å². The first-order valence-corrected chi connectivity index (χ1v) is 10.3. The Hall–Kier alpha value is -2.29. The van der Waals surface area contributed by atoms with Gasteiger partial charge >= 0.3 is 0 Å². The fourth-order valence-corrected chi connectivity index (χ4v) is 4.52. The van der Waals surface area contributed by atoms with Crippen molar-refractivity contribution in [2.75, 3.05) is 20.2 Å². The Labute approximate surface area is 170 Å². The molecule has 4 rings (SSSR count). The lowest BCUT2D eigenvalue weighted by Gasteiger charge is -2.29. The third-order valence-corrected chi connectivity index (χ3v) is 6.14. The summed E-state index contributed by atoms with van der Waals surface area (Å²) in [6.07, 6.45) is 2.98. The van der Waals surface area contributed by atoms with Gasteiger partial charge in [0.1, 0.15) is 6.04 Å². The molecule has 2 saturated heterocycles. The summed E-state index contributed by atoms with van der Waals surface area (Å²) in [7, 11) is 1.75. The molecule has 0 aliphatic carbocycles. The lowest BCUT2D eigenvalue weighted by molar-refractivity contribution is -0.136. The van der Waals surface area contributed by atoms with Crippen molar-refractivity contribution >= 4 is 17.7 Å². The van der Waals surface area contributed by atoms with E-state index in [1.54, 1.807) is 12.0 Å². The zero-order valence-electron chi connectivity index (χ0n) is 16.7. The first-order valence-electron chi connectivity index (χ1n) is 10.3. The SMILES string of the molecule is CO[C@@H]1CN[C@H](CCNCc2cccc3c2C(=O)N(C2CCC(=O)NC2=O)C3)C1. The molecule has 1 unspecified atom stereocenters. The van der Waals surface area contributed by atoms with Gasteiger partial charge in [0.2, 0.25) is 11.8 Å². The van der Waals surface area contributed by atoms with Gasteiger partial charge < -0.3 is 20.3 Å². The lowest BCUT2D eigenvalue weighted by Crippen LogP contribution is -2.52. The van der Waals surface area contributed by atoms with Gasteiger partial charge in [-0.15, -0.1) is 0 Å². The molecule has 156 valence electrons. The van der Waals surface area contributed by atoms with Gasteiger partial charge in [-0.2, -0.15) is 0 Å². The van der Waals surface area contributed by atoms with Crippen LogP contribution in [0, 0.1) is 0 Å². The Kier molecular flexibility index (Phi) is 5.94. The first kappa shape index (κ1) is 20.0. The molecule has 0 radical (unpaired) electrons. The third kappa shape index (κ3) is 4.19. The Morgan fingerprint density at radius 2 is 2.14 bits per heavy atom. The number of fused-ring (bicyclic) bond motifs is 1. The summed E-state index contributed by atoms with van der Waals surface area (Å²) < 4.78 is 5.38. The summed E-state index contributed by atoms with van der Waals surface area (Å²) in [6, 6.07) is 5.75. The maximum absolute atomic E-state index is 13.1. The van der Waals surface area contributed by atoms with Crippen molar-refractivity contribution in [1.29, 1.82) is 0 Å². The van der Waals surface area contributed by atoms with Crippen molar-refractivity contribution in [2.24, 2.45) is 0 Å². The van der Waals surface area contributed by atoms with Crippen molar-refractivity contribution in [2.45, 2.75) is 57.0 Å². The van der Waals surface area contributed by atoms with E-state index in [-0.39, 0.29) is 24.1 Å². The Morgan fingerprint density at radius 3 is 2.90 bits per heavy atom. The van der Waals surface area contributed by atoms with Gasteiger partial charge in [0, 0.05) is 44.8 Å². The van der Waals surface area contributed by atoms with Crippen LogP contribution in [0.5, 0.6) is 0 Å². The molecule has 8 nitrogen and oxygen atoms in total. The second-order valence-corrected chi connectivity index (χ2v) is 8.02. The van der Waals surface area contributed by atoms with Gasteiger partial charge in [0.05, 0.1) is 6.10 Å². The van der Waals surface area contributed by atoms with E-state index < -0.39 is 6.04 Å². The molecular weight excluding hydrogens is 372 g/mol. The summed E-state index contributed by atoms with van der Waals surface area (Å²) in [4.78, 5) is 38.3. The van der Waals surface area contributed by atoms with Gasteiger partial charge in [0.25, 0.3) is 5.91 Å². The number of nitrogens with one attached hydrogen (secondary N) is 3. The van der Waals surface area contributed by atoms with Crippen molar-refractivity contribution in [3.63, 3.8) is 0 Å². The van der Waals surface area contributed by atoms with E-state index in [2.05, 4.69) is 16.0 Å². The number of hydrogen-bond acceptors (Lipinski definition) is 6. The zero-order chi connectivity index (χ0) is 20.4. The van der Waals surface area contributed by atoms with Crippen LogP contribution < -0.4 is 16.0 Å². The third-order valence-electron chi connectivity index (χ3n) is 6.14. The molecule has 3 atom stereocenters. The fourth-order valence-electron chi connectivity index (χ4n) is 4.52. The molecule has 3 amide bonds. The molecule has 0 spiro atoms. The number of benzene rings is 1. The molecule has 0 aromatic heterocycles. The van der Waals surface area contributed by atoms with E-state index in [1.807, 2.05) is 18.2 Å². The average molecular weight is 400 g/mol. The highest BCUT2D eigenvalue weighted by Crippen LogP contribution is 2.29. The number of amides is 3. The van der Waals surface area contributed by atoms with E-state index in [1.165, 1.54) is 0 Å². The van der Waals surface area contributed by atoms with E-state index in [4.69, 9.17) is 4.74 Å². The second-order valence-electron chi connectivity index (χ2n) is 8.02. The molecular formula is C21H28N4O4. The van der Waals surface area contributed by atoms with E-state index in [9.17, 15) is 14.4 Å². The lowest BCUT2D eigenvalue weighted by atomic mass is 10.0. The highest BCUT2D eigenvalue weighted by Gasteiger charge is 2.39. The maximum Gasteiger partial charge on any atom is 0.255 e. The largest absolute Gasteiger partial charge is 0.380 e. The molecule has 1 aromatic rings. The number of hydrogen-bond donors (Lipinski definition) is 3. The van der Waals surface area contributed by atoms with Crippen molar-refractivity contribution in [3.05, 3.63) is 34.9 Å². The summed E-state index contributed by atoms with van der Waals surface area (Å²) in [5.74, 6) is -0.762. The van der Waals surface area contributed by atoms with Crippen LogP contribution in [0.25, 0.3) is 0 Å². The summed E-state index contributed by atoms with van der Waals surface area (Å²) in [5.41, 5.74) is 2.60. The summed E-state index contributed by atoms with van der Waals surface area (Å²) >= 11 is 0. The minimum atomic E-state index is -0.574. The van der Waals surface area contributed by atoms with Gasteiger partial charge in [-0.05, 0) is 36.9 Å². The van der Waals surface area contributed by atoms with Crippen LogP contribution in [-0.4, -0.2) is 61.0 Å². The molecule has 3 aliphatic heterocycles. The normalized spacial score (nSPS) is 26.7. The monoisotopic (exact) mass is 400 g/mol. The summed E-state index contributed by atoms with van der Waals surface area (Å²) in [6.45, 7) is 2.78. The number of nitrogens with zero attached hydrogens (tertiary/aromatic N) is 1. The zero-order valence-corrected chi connectivity index (χ0v) is 16.7. The van der Waals surface area contributed by atoms with Crippen molar-refractivity contribution < 1.29 is 19.1 Å². The van der Waals surface area contributed by atoms with E-state index in [0.717, 1.165) is 37.1 Å². The predicted octanol–water partition coefficient (Wildman–Crippen LogP) is 0.304. The summed E-state index contributed by atoms with van der Waals surface area (Å²) in [5, 5.41) is 9.26. The number of rotatable bonds is 7. The molecule has 2 fully saturated rings. The van der Waals surface area contributed by atoms with Crippen molar-refractivity contribution in [3.8, 4) is 0 Å². The van der Waals surface area contributed by atoms with Crippen LogP contribution in [-0.2, 0) is 27.4 Å². The highest BCUT2D eigenvalue weighted by atomic mass is 16.5. The predicted molar refractivity (Wildman–Crippen MR) is 106 cm³/mol. The fraction of sp³-hybridized carbons (Fsp3) is 0.571. The minimum Gasteiger partial charge on any atom is -0.380 e. The molecule has 3 aliphatic rings. The van der Waals surface area contributed by atoms with Crippen LogP contribution >= 0.6 is 0 Å². The number of ether oxygens (including phenoxy) is 1. The van der Waals surface area contributed by atoms with E-state index in [0.29, 0.717) is 37.2 Å². The Morgan fingerprint density at radius 1 is 1.28 bits per heavy atom. The maximum atomic E-state index is 13.1. The Balaban J connectivity index is 1.35. The first-order chi connectivity index (χ1) is 14.1. The van der Waals surface area contributed by atoms with Gasteiger partial charge in [-0.3, -0.25) is 19.7 Å². The number of carbonyl (C=O) groups excluding carboxylic acids is 3. The molecule has 29 heavy (non-hydrogen) atoms. The second kappa shape index (κ2) is 8.61. The average Bonchev–Trinajstić information content (AvgIpc) is 3.30. The van der Waals surface area contributed by atoms with Crippen molar-refractivity contribution in [1.82, 2.24) is 20.9 Å². The van der Waals surface area contributed by atoms with Crippen LogP contribution in [0.15, 0.2) is 18.2 Å². The van der Waals surface area contributed by atoms with E-state index >= 15 is 0 Å². The molecule has 3 heterocycles. The Bertz CT molecular complexity index is 812. The number of imide groups is 1. The number of carbonyl (C=O) groups is 3.